The highest BCUT2D eigenvalue weighted by molar-refractivity contribution is 6.30. The van der Waals surface area contributed by atoms with Gasteiger partial charge in [-0.25, -0.2) is 0 Å². The summed E-state index contributed by atoms with van der Waals surface area (Å²) in [6.45, 7) is -0.321. The SMILES string of the molecule is COc1cc(OC)c(OC)cc1CNC(=O)COC(=O)CCC(=O)c1ccc(Cl)cc1. The van der Waals surface area contributed by atoms with Gasteiger partial charge in [-0.15, -0.1) is 0 Å². The maximum atomic E-state index is 12.1. The van der Waals surface area contributed by atoms with Crippen molar-refractivity contribution in [3.8, 4) is 17.2 Å². The topological polar surface area (TPSA) is 100 Å². The summed E-state index contributed by atoms with van der Waals surface area (Å²) in [4.78, 5) is 35.9. The Balaban J connectivity index is 1.79. The van der Waals surface area contributed by atoms with Crippen LogP contribution in [0.4, 0.5) is 0 Å². The fraction of sp³-hybridized carbons (Fsp3) is 0.318. The minimum atomic E-state index is -0.638. The molecular formula is C22H24ClNO7. The van der Waals surface area contributed by atoms with Gasteiger partial charge in [0.1, 0.15) is 5.75 Å². The van der Waals surface area contributed by atoms with Crippen LogP contribution < -0.4 is 19.5 Å². The van der Waals surface area contributed by atoms with Crippen LogP contribution in [0.2, 0.25) is 5.02 Å². The quantitative estimate of drug-likeness (QED) is 0.415. The van der Waals surface area contributed by atoms with Crippen LogP contribution in [0.25, 0.3) is 0 Å². The number of ether oxygens (including phenoxy) is 4. The number of carbonyl (C=O) groups excluding carboxylic acids is 3. The summed E-state index contributed by atoms with van der Waals surface area (Å²) in [5, 5.41) is 3.16. The Labute approximate surface area is 185 Å². The summed E-state index contributed by atoms with van der Waals surface area (Å²) in [5.41, 5.74) is 1.12. The molecular weight excluding hydrogens is 426 g/mol. The lowest BCUT2D eigenvalue weighted by molar-refractivity contribution is -0.148. The molecule has 0 bridgehead atoms. The van der Waals surface area contributed by atoms with Gasteiger partial charge in [0, 0.05) is 35.2 Å². The van der Waals surface area contributed by atoms with Gasteiger partial charge in [-0.3, -0.25) is 14.4 Å². The predicted octanol–water partition coefficient (Wildman–Crippen LogP) is 3.19. The van der Waals surface area contributed by atoms with E-state index in [2.05, 4.69) is 5.32 Å². The Hall–Kier alpha value is -3.26. The average molecular weight is 450 g/mol. The summed E-state index contributed by atoms with van der Waals surface area (Å²) >= 11 is 5.78. The zero-order chi connectivity index (χ0) is 22.8. The number of methoxy groups -OCH3 is 3. The van der Waals surface area contributed by atoms with Gasteiger partial charge in [0.2, 0.25) is 0 Å². The summed E-state index contributed by atoms with van der Waals surface area (Å²) in [6.07, 6.45) is -0.150. The first-order valence-corrected chi connectivity index (χ1v) is 9.75. The fourth-order valence-corrected chi connectivity index (χ4v) is 2.82. The molecule has 9 heteroatoms. The Morgan fingerprint density at radius 3 is 2.10 bits per heavy atom. The number of hydrogen-bond acceptors (Lipinski definition) is 7. The molecule has 0 aliphatic heterocycles. The number of ketones is 1. The van der Waals surface area contributed by atoms with Gasteiger partial charge in [0.05, 0.1) is 27.8 Å². The van der Waals surface area contributed by atoms with Gasteiger partial charge in [0.25, 0.3) is 5.91 Å². The van der Waals surface area contributed by atoms with Crippen molar-refractivity contribution in [3.63, 3.8) is 0 Å². The van der Waals surface area contributed by atoms with E-state index in [1.165, 1.54) is 21.3 Å². The van der Waals surface area contributed by atoms with Gasteiger partial charge < -0.3 is 24.3 Å². The molecule has 0 spiro atoms. The van der Waals surface area contributed by atoms with E-state index in [1.54, 1.807) is 36.4 Å². The molecule has 2 aromatic carbocycles. The molecule has 0 saturated carbocycles. The number of hydrogen-bond donors (Lipinski definition) is 1. The van der Waals surface area contributed by atoms with Crippen LogP contribution in [0.5, 0.6) is 17.2 Å². The molecule has 8 nitrogen and oxygen atoms in total. The Bertz CT molecular complexity index is 928. The number of nitrogens with one attached hydrogen (secondary N) is 1. The Morgan fingerprint density at radius 2 is 1.48 bits per heavy atom. The van der Waals surface area contributed by atoms with Gasteiger partial charge in [0.15, 0.2) is 23.9 Å². The molecule has 0 aliphatic rings. The second-order valence-electron chi connectivity index (χ2n) is 6.39. The number of Topliss-reactive ketones (excluding diaryl/α,β-unsaturated/α-hetero) is 1. The van der Waals surface area contributed by atoms with Crippen LogP contribution in [0.1, 0.15) is 28.8 Å². The maximum Gasteiger partial charge on any atom is 0.306 e. The lowest BCUT2D eigenvalue weighted by atomic mass is 10.1. The molecule has 0 unspecified atom stereocenters. The van der Waals surface area contributed by atoms with Crippen molar-refractivity contribution in [2.75, 3.05) is 27.9 Å². The molecule has 1 N–H and O–H groups in total. The summed E-state index contributed by atoms with van der Waals surface area (Å²) < 4.78 is 20.7. The van der Waals surface area contributed by atoms with Crippen LogP contribution >= 0.6 is 11.6 Å². The largest absolute Gasteiger partial charge is 0.496 e. The number of carbonyl (C=O) groups is 3. The molecule has 0 atom stereocenters. The Kier molecular flexibility index (Phi) is 9.14. The highest BCUT2D eigenvalue weighted by atomic mass is 35.5. The molecule has 0 aliphatic carbocycles. The molecule has 0 fully saturated rings. The third kappa shape index (κ3) is 7.18. The number of amides is 1. The third-order valence-corrected chi connectivity index (χ3v) is 4.60. The number of rotatable bonds is 11. The summed E-state index contributed by atoms with van der Waals surface area (Å²) in [7, 11) is 4.51. The second kappa shape index (κ2) is 11.8. The van der Waals surface area contributed by atoms with Crippen molar-refractivity contribution in [1.29, 1.82) is 0 Å². The predicted molar refractivity (Wildman–Crippen MR) is 114 cm³/mol. The van der Waals surface area contributed by atoms with E-state index in [4.69, 9.17) is 30.5 Å². The van der Waals surface area contributed by atoms with Gasteiger partial charge in [-0.05, 0) is 30.3 Å². The standard InChI is InChI=1S/C22H24ClNO7/c1-28-18-11-20(30-3)19(29-2)10-15(18)12-24-21(26)13-31-22(27)9-8-17(25)14-4-6-16(23)7-5-14/h4-7,10-11H,8-9,12-13H2,1-3H3,(H,24,26). The smallest absolute Gasteiger partial charge is 0.306 e. The maximum absolute atomic E-state index is 12.1. The van der Waals surface area contributed by atoms with Crippen molar-refractivity contribution in [3.05, 3.63) is 52.5 Å². The molecule has 0 aromatic heterocycles. The average Bonchev–Trinajstić information content (AvgIpc) is 2.79. The summed E-state index contributed by atoms with van der Waals surface area (Å²) in [6, 6.07) is 9.72. The van der Waals surface area contributed by atoms with E-state index in [1.807, 2.05) is 0 Å². The zero-order valence-electron chi connectivity index (χ0n) is 17.5. The minimum absolute atomic E-state index is 0.0229. The second-order valence-corrected chi connectivity index (χ2v) is 6.82. The van der Waals surface area contributed by atoms with E-state index < -0.39 is 18.5 Å². The van der Waals surface area contributed by atoms with E-state index in [-0.39, 0.29) is 25.2 Å². The first kappa shape index (κ1) is 24.0. The van der Waals surface area contributed by atoms with E-state index in [0.29, 0.717) is 33.4 Å². The Morgan fingerprint density at radius 1 is 0.871 bits per heavy atom. The highest BCUT2D eigenvalue weighted by Crippen LogP contribution is 2.34. The number of benzene rings is 2. The van der Waals surface area contributed by atoms with Crippen LogP contribution in [-0.4, -0.2) is 45.6 Å². The minimum Gasteiger partial charge on any atom is -0.496 e. The molecule has 2 rings (SSSR count). The number of halogens is 1. The lowest BCUT2D eigenvalue weighted by Crippen LogP contribution is -2.28. The first-order valence-electron chi connectivity index (χ1n) is 9.38. The molecule has 1 amide bonds. The molecule has 0 saturated heterocycles. The van der Waals surface area contributed by atoms with Crippen molar-refractivity contribution < 1.29 is 33.3 Å². The van der Waals surface area contributed by atoms with Crippen LogP contribution in [0.3, 0.4) is 0 Å². The van der Waals surface area contributed by atoms with Crippen LogP contribution in [0.15, 0.2) is 36.4 Å². The highest BCUT2D eigenvalue weighted by Gasteiger charge is 2.14. The van der Waals surface area contributed by atoms with Crippen molar-refractivity contribution in [2.24, 2.45) is 0 Å². The zero-order valence-corrected chi connectivity index (χ0v) is 18.3. The first-order chi connectivity index (χ1) is 14.9. The molecule has 0 heterocycles. The number of esters is 1. The summed E-state index contributed by atoms with van der Waals surface area (Å²) in [5.74, 6) is 0.158. The van der Waals surface area contributed by atoms with Gasteiger partial charge in [-0.2, -0.15) is 0 Å². The van der Waals surface area contributed by atoms with Crippen LogP contribution in [0, 0.1) is 0 Å². The molecule has 0 radical (unpaired) electrons. The van der Waals surface area contributed by atoms with Crippen molar-refractivity contribution in [2.45, 2.75) is 19.4 Å². The van der Waals surface area contributed by atoms with Gasteiger partial charge >= 0.3 is 5.97 Å². The molecule has 31 heavy (non-hydrogen) atoms. The monoisotopic (exact) mass is 449 g/mol. The molecule has 2 aromatic rings. The normalized spacial score (nSPS) is 10.2. The van der Waals surface area contributed by atoms with Gasteiger partial charge in [-0.1, -0.05) is 11.6 Å². The lowest BCUT2D eigenvalue weighted by Gasteiger charge is -2.14. The van der Waals surface area contributed by atoms with E-state index >= 15 is 0 Å². The van der Waals surface area contributed by atoms with E-state index in [9.17, 15) is 14.4 Å². The fourth-order valence-electron chi connectivity index (χ4n) is 2.69. The van der Waals surface area contributed by atoms with Crippen LogP contribution in [-0.2, 0) is 20.9 Å². The van der Waals surface area contributed by atoms with E-state index in [0.717, 1.165) is 0 Å². The van der Waals surface area contributed by atoms with Crippen molar-refractivity contribution >= 4 is 29.3 Å². The molecule has 166 valence electrons. The van der Waals surface area contributed by atoms with Crippen molar-refractivity contribution in [1.82, 2.24) is 5.32 Å². The third-order valence-electron chi connectivity index (χ3n) is 4.35.